The lowest BCUT2D eigenvalue weighted by molar-refractivity contribution is -0.143. The normalized spacial score (nSPS) is 14.2. The molecule has 15 nitrogen and oxygen atoms in total. The fraction of sp³-hybridized carbons (Fsp3) is 0.650. The van der Waals surface area contributed by atoms with Crippen LogP contribution in [0.4, 0.5) is 0 Å². The van der Waals surface area contributed by atoms with Gasteiger partial charge in [-0.05, 0) is 25.2 Å². The maximum Gasteiger partial charge on any atom is 0.326 e. The van der Waals surface area contributed by atoms with E-state index in [-0.39, 0.29) is 31.6 Å². The minimum Gasteiger partial charge on any atom is -0.481 e. The van der Waals surface area contributed by atoms with Gasteiger partial charge in [-0.3, -0.25) is 28.8 Å². The SMILES string of the molecule is CC(C)CC(NC(=O)C(CC(N)=O)NC(=O)C(CCC(N)=O)NC(=O)C(N)CCC(=O)O)C(=O)O. The fourth-order valence-electron chi connectivity index (χ4n) is 2.89. The second-order valence-electron chi connectivity index (χ2n) is 8.37. The van der Waals surface area contributed by atoms with E-state index in [9.17, 15) is 38.7 Å². The molecular formula is C20H34N6O9. The Morgan fingerprint density at radius 1 is 0.714 bits per heavy atom. The lowest BCUT2D eigenvalue weighted by atomic mass is 10.0. The van der Waals surface area contributed by atoms with Crippen molar-refractivity contribution in [1.29, 1.82) is 0 Å². The summed E-state index contributed by atoms with van der Waals surface area (Å²) >= 11 is 0. The molecule has 0 heterocycles. The number of aliphatic carboxylic acids is 2. The van der Waals surface area contributed by atoms with E-state index in [1.165, 1.54) is 0 Å². The quantitative estimate of drug-likeness (QED) is 0.0991. The highest BCUT2D eigenvalue weighted by molar-refractivity contribution is 5.96. The third kappa shape index (κ3) is 13.5. The van der Waals surface area contributed by atoms with Crippen LogP contribution in [0.3, 0.4) is 0 Å². The third-order valence-corrected chi connectivity index (χ3v) is 4.68. The number of nitrogens with one attached hydrogen (secondary N) is 3. The molecule has 0 aromatic rings. The Morgan fingerprint density at radius 2 is 1.23 bits per heavy atom. The highest BCUT2D eigenvalue weighted by atomic mass is 16.4. The van der Waals surface area contributed by atoms with Crippen LogP contribution in [-0.2, 0) is 33.6 Å². The van der Waals surface area contributed by atoms with Crippen molar-refractivity contribution < 1.29 is 43.8 Å². The molecule has 5 amide bonds. The molecule has 0 aromatic heterocycles. The lowest BCUT2D eigenvalue weighted by Gasteiger charge is -2.25. The Bertz CT molecular complexity index is 817. The summed E-state index contributed by atoms with van der Waals surface area (Å²) in [5.41, 5.74) is 15.9. The van der Waals surface area contributed by atoms with Gasteiger partial charge in [-0.15, -0.1) is 0 Å². The van der Waals surface area contributed by atoms with Crippen LogP contribution >= 0.6 is 0 Å². The van der Waals surface area contributed by atoms with Crippen molar-refractivity contribution in [2.24, 2.45) is 23.1 Å². The van der Waals surface area contributed by atoms with Crippen molar-refractivity contribution in [3.63, 3.8) is 0 Å². The maximum absolute atomic E-state index is 12.8. The zero-order valence-electron chi connectivity index (χ0n) is 19.6. The van der Waals surface area contributed by atoms with Crippen LogP contribution in [0.1, 0.15) is 52.4 Å². The van der Waals surface area contributed by atoms with E-state index in [1.807, 2.05) is 0 Å². The van der Waals surface area contributed by atoms with E-state index >= 15 is 0 Å². The van der Waals surface area contributed by atoms with Crippen molar-refractivity contribution in [3.05, 3.63) is 0 Å². The van der Waals surface area contributed by atoms with Gasteiger partial charge in [-0.2, -0.15) is 0 Å². The van der Waals surface area contributed by atoms with E-state index < -0.39 is 78.5 Å². The summed E-state index contributed by atoms with van der Waals surface area (Å²) in [7, 11) is 0. The van der Waals surface area contributed by atoms with Crippen LogP contribution in [0.25, 0.3) is 0 Å². The van der Waals surface area contributed by atoms with Crippen LogP contribution in [0.5, 0.6) is 0 Å². The molecule has 11 N–H and O–H groups in total. The zero-order chi connectivity index (χ0) is 27.3. The average molecular weight is 503 g/mol. The van der Waals surface area contributed by atoms with Gasteiger partial charge in [0.15, 0.2) is 0 Å². The molecule has 0 aromatic carbocycles. The number of nitrogens with two attached hydrogens (primary N) is 3. The Kier molecular flexibility index (Phi) is 13.6. The summed E-state index contributed by atoms with van der Waals surface area (Å²) in [6, 6.07) is -5.60. The van der Waals surface area contributed by atoms with Gasteiger partial charge >= 0.3 is 11.9 Å². The monoisotopic (exact) mass is 502 g/mol. The van der Waals surface area contributed by atoms with E-state index in [4.69, 9.17) is 22.3 Å². The number of amides is 5. The Labute approximate surface area is 201 Å². The predicted octanol–water partition coefficient (Wildman–Crippen LogP) is -3.10. The average Bonchev–Trinajstić information content (AvgIpc) is 2.72. The van der Waals surface area contributed by atoms with E-state index in [0.29, 0.717) is 0 Å². The van der Waals surface area contributed by atoms with Crippen LogP contribution in [0, 0.1) is 5.92 Å². The van der Waals surface area contributed by atoms with Gasteiger partial charge in [0.05, 0.1) is 12.5 Å². The van der Waals surface area contributed by atoms with Gasteiger partial charge in [0.1, 0.15) is 18.1 Å². The predicted molar refractivity (Wildman–Crippen MR) is 120 cm³/mol. The lowest BCUT2D eigenvalue weighted by Crippen LogP contribution is -2.58. The van der Waals surface area contributed by atoms with Crippen LogP contribution in [0.15, 0.2) is 0 Å². The van der Waals surface area contributed by atoms with Gasteiger partial charge in [0.2, 0.25) is 29.5 Å². The van der Waals surface area contributed by atoms with Crippen molar-refractivity contribution >= 4 is 41.5 Å². The fourth-order valence-corrected chi connectivity index (χ4v) is 2.89. The molecule has 198 valence electrons. The molecule has 0 saturated heterocycles. The number of carboxylic acids is 2. The summed E-state index contributed by atoms with van der Waals surface area (Å²) in [5, 5.41) is 24.7. The maximum atomic E-state index is 12.8. The van der Waals surface area contributed by atoms with Crippen molar-refractivity contribution in [1.82, 2.24) is 16.0 Å². The highest BCUT2D eigenvalue weighted by Crippen LogP contribution is 2.07. The van der Waals surface area contributed by atoms with Gasteiger partial charge in [-0.1, -0.05) is 13.8 Å². The number of carboxylic acid groups (broad SMARTS) is 2. The number of carbonyl (C=O) groups is 7. The smallest absolute Gasteiger partial charge is 0.326 e. The molecule has 0 bridgehead atoms. The molecular weight excluding hydrogens is 468 g/mol. The molecule has 0 radical (unpaired) electrons. The molecule has 0 aliphatic heterocycles. The van der Waals surface area contributed by atoms with Crippen LogP contribution in [0.2, 0.25) is 0 Å². The second kappa shape index (κ2) is 15.2. The van der Waals surface area contributed by atoms with Gasteiger partial charge in [0.25, 0.3) is 0 Å². The standard InChI is InChI=1S/C20H34N6O9/c1-9(2)7-13(20(34)35)26-19(33)12(8-15(23)28)25-18(32)11(4-5-14(22)27)24-17(31)10(21)3-6-16(29)30/h9-13H,3-8,21H2,1-2H3,(H2,22,27)(H2,23,28)(H,24,31)(H,25,32)(H,26,33)(H,29,30)(H,34,35). The first kappa shape index (κ1) is 31.2. The number of carbonyl (C=O) groups excluding carboxylic acids is 5. The summed E-state index contributed by atoms with van der Waals surface area (Å²) in [5.74, 6) is -7.27. The molecule has 0 aliphatic rings. The number of hydrogen-bond donors (Lipinski definition) is 8. The Hall–Kier alpha value is -3.75. The second-order valence-corrected chi connectivity index (χ2v) is 8.37. The number of hydrogen-bond acceptors (Lipinski definition) is 8. The number of primary amides is 2. The van der Waals surface area contributed by atoms with Crippen molar-refractivity contribution in [3.8, 4) is 0 Å². The molecule has 15 heteroatoms. The molecule has 0 fully saturated rings. The minimum absolute atomic E-state index is 0.0733. The first-order valence-corrected chi connectivity index (χ1v) is 10.8. The topological polar surface area (TPSA) is 274 Å². The molecule has 0 saturated carbocycles. The summed E-state index contributed by atoms with van der Waals surface area (Å²) < 4.78 is 0. The van der Waals surface area contributed by atoms with Gasteiger partial charge in [0, 0.05) is 12.8 Å². The third-order valence-electron chi connectivity index (χ3n) is 4.68. The molecule has 0 aliphatic carbocycles. The van der Waals surface area contributed by atoms with E-state index in [0.717, 1.165) is 0 Å². The molecule has 4 atom stereocenters. The van der Waals surface area contributed by atoms with Gasteiger partial charge < -0.3 is 43.4 Å². The molecule has 0 spiro atoms. The molecule has 35 heavy (non-hydrogen) atoms. The van der Waals surface area contributed by atoms with E-state index in [1.54, 1.807) is 13.8 Å². The molecule has 4 unspecified atom stereocenters. The van der Waals surface area contributed by atoms with Crippen LogP contribution in [-0.4, -0.2) is 75.9 Å². The summed E-state index contributed by atoms with van der Waals surface area (Å²) in [6.45, 7) is 3.47. The summed E-state index contributed by atoms with van der Waals surface area (Å²) in [6.07, 6.45) is -1.89. The first-order valence-electron chi connectivity index (χ1n) is 10.8. The Morgan fingerprint density at radius 3 is 1.69 bits per heavy atom. The number of rotatable bonds is 17. The van der Waals surface area contributed by atoms with Crippen molar-refractivity contribution in [2.45, 2.75) is 76.5 Å². The van der Waals surface area contributed by atoms with Gasteiger partial charge in [-0.25, -0.2) is 4.79 Å². The van der Waals surface area contributed by atoms with Crippen LogP contribution < -0.4 is 33.2 Å². The first-order chi connectivity index (χ1) is 16.1. The Balaban J connectivity index is 5.57. The molecule has 0 rings (SSSR count). The minimum atomic E-state index is -1.58. The highest BCUT2D eigenvalue weighted by Gasteiger charge is 2.31. The zero-order valence-corrected chi connectivity index (χ0v) is 19.6. The van der Waals surface area contributed by atoms with Crippen molar-refractivity contribution in [2.75, 3.05) is 0 Å². The largest absolute Gasteiger partial charge is 0.481 e. The summed E-state index contributed by atoms with van der Waals surface area (Å²) in [4.78, 5) is 82.5. The van der Waals surface area contributed by atoms with E-state index in [2.05, 4.69) is 16.0 Å².